The van der Waals surface area contributed by atoms with Gasteiger partial charge in [-0.3, -0.25) is 0 Å². The van der Waals surface area contributed by atoms with E-state index >= 15 is 0 Å². The number of ether oxygens (including phenoxy) is 1. The van der Waals surface area contributed by atoms with Gasteiger partial charge < -0.3 is 15.2 Å². The molecule has 108 valence electrons. The largest absolute Gasteiger partial charge is 0.496 e. The van der Waals surface area contributed by atoms with E-state index in [1.54, 1.807) is 12.1 Å². The Hall–Kier alpha value is -1.43. The number of rotatable bonds is 6. The van der Waals surface area contributed by atoms with Crippen LogP contribution in [0, 0.1) is 5.82 Å². The van der Waals surface area contributed by atoms with E-state index in [1.807, 2.05) is 23.8 Å². The van der Waals surface area contributed by atoms with Crippen LogP contribution in [-0.4, -0.2) is 18.8 Å². The Morgan fingerprint density at radius 3 is 2.85 bits per heavy atom. The monoisotopic (exact) mass is 295 g/mol. The number of nitrogens with one attached hydrogen (secondary N) is 1. The molecule has 0 fully saturated rings. The van der Waals surface area contributed by atoms with Crippen LogP contribution < -0.4 is 10.1 Å². The molecule has 2 N–H and O–H groups in total. The first-order valence-corrected chi connectivity index (χ1v) is 7.33. The van der Waals surface area contributed by atoms with E-state index in [-0.39, 0.29) is 11.9 Å². The summed E-state index contributed by atoms with van der Waals surface area (Å²) in [5.41, 5.74) is 1.35. The Morgan fingerprint density at radius 1 is 1.40 bits per heavy atom. The zero-order valence-electron chi connectivity index (χ0n) is 11.5. The molecule has 0 aliphatic carbocycles. The minimum absolute atomic E-state index is 0.251. The minimum atomic E-state index is -0.596. The van der Waals surface area contributed by atoms with Gasteiger partial charge in [-0.05, 0) is 41.4 Å². The van der Waals surface area contributed by atoms with Gasteiger partial charge in [-0.25, -0.2) is 4.39 Å². The fourth-order valence-electron chi connectivity index (χ4n) is 2.09. The first kappa shape index (κ1) is 15.0. The predicted molar refractivity (Wildman–Crippen MR) is 78.6 cm³/mol. The third-order valence-corrected chi connectivity index (χ3v) is 3.91. The average Bonchev–Trinajstić information content (AvgIpc) is 2.98. The molecule has 1 aromatic carbocycles. The van der Waals surface area contributed by atoms with Crippen LogP contribution >= 0.6 is 11.3 Å². The smallest absolute Gasteiger partial charge is 0.131 e. The summed E-state index contributed by atoms with van der Waals surface area (Å²) in [7, 11) is 1.52. The molecule has 0 amide bonds. The minimum Gasteiger partial charge on any atom is -0.496 e. The third kappa shape index (κ3) is 3.36. The van der Waals surface area contributed by atoms with Crippen molar-refractivity contribution >= 4 is 11.3 Å². The van der Waals surface area contributed by atoms with E-state index in [1.165, 1.54) is 24.5 Å². The van der Waals surface area contributed by atoms with Crippen LogP contribution in [0.15, 0.2) is 35.0 Å². The molecule has 2 unspecified atom stereocenters. The number of halogens is 1. The molecule has 0 saturated carbocycles. The lowest BCUT2D eigenvalue weighted by Gasteiger charge is -2.19. The highest BCUT2D eigenvalue weighted by molar-refractivity contribution is 7.07. The maximum absolute atomic E-state index is 13.9. The Kier molecular flexibility index (Phi) is 5.11. The lowest BCUT2D eigenvalue weighted by Crippen LogP contribution is -2.25. The molecule has 1 aromatic heterocycles. The summed E-state index contributed by atoms with van der Waals surface area (Å²) in [5, 5.41) is 17.0. The van der Waals surface area contributed by atoms with Crippen molar-refractivity contribution in [3.8, 4) is 5.75 Å². The second kappa shape index (κ2) is 6.83. The van der Waals surface area contributed by atoms with Crippen LogP contribution in [0.2, 0.25) is 0 Å². The first-order chi connectivity index (χ1) is 9.63. The van der Waals surface area contributed by atoms with Crippen molar-refractivity contribution < 1.29 is 14.2 Å². The van der Waals surface area contributed by atoms with Crippen molar-refractivity contribution in [1.82, 2.24) is 5.32 Å². The molecule has 2 aromatic rings. The van der Waals surface area contributed by atoms with Crippen molar-refractivity contribution in [3.05, 3.63) is 52.0 Å². The number of benzene rings is 1. The number of hydrogen-bond acceptors (Lipinski definition) is 4. The maximum Gasteiger partial charge on any atom is 0.131 e. The summed E-state index contributed by atoms with van der Waals surface area (Å²) in [4.78, 5) is 0. The number of methoxy groups -OCH3 is 1. The highest BCUT2D eigenvalue weighted by Gasteiger charge is 2.17. The van der Waals surface area contributed by atoms with Gasteiger partial charge in [0.1, 0.15) is 11.6 Å². The summed E-state index contributed by atoms with van der Waals surface area (Å²) >= 11 is 1.54. The Balaban J connectivity index is 2.03. The second-order valence-corrected chi connectivity index (χ2v) is 5.34. The zero-order valence-corrected chi connectivity index (χ0v) is 12.3. The van der Waals surface area contributed by atoms with Gasteiger partial charge in [0.15, 0.2) is 0 Å². The lowest BCUT2D eigenvalue weighted by molar-refractivity contribution is 0.170. The summed E-state index contributed by atoms with van der Waals surface area (Å²) in [6, 6.07) is 6.38. The molecule has 3 nitrogen and oxygen atoms in total. The van der Waals surface area contributed by atoms with Crippen molar-refractivity contribution in [2.24, 2.45) is 0 Å². The summed E-state index contributed by atoms with van der Waals surface area (Å²) in [5.74, 6) is 0.199. The van der Waals surface area contributed by atoms with E-state index in [2.05, 4.69) is 5.32 Å². The van der Waals surface area contributed by atoms with Crippen LogP contribution in [0.4, 0.5) is 4.39 Å². The molecular formula is C15H18FNO2S. The molecule has 5 heteroatoms. The quantitative estimate of drug-likeness (QED) is 0.859. The number of hydrogen-bond donors (Lipinski definition) is 2. The van der Waals surface area contributed by atoms with Crippen LogP contribution in [0.3, 0.4) is 0 Å². The standard InChI is InChI=1S/C15H18FNO2S/c1-10(15-12(16)4-3-5-14(15)19-2)17-8-13(18)11-6-7-20-9-11/h3-7,9-10,13,17-18H,8H2,1-2H3. The van der Waals surface area contributed by atoms with Crippen LogP contribution in [-0.2, 0) is 0 Å². The maximum atomic E-state index is 13.9. The van der Waals surface area contributed by atoms with Crippen molar-refractivity contribution in [2.75, 3.05) is 13.7 Å². The van der Waals surface area contributed by atoms with Crippen molar-refractivity contribution in [2.45, 2.75) is 19.1 Å². The van der Waals surface area contributed by atoms with Gasteiger partial charge in [0.2, 0.25) is 0 Å². The zero-order chi connectivity index (χ0) is 14.5. The average molecular weight is 295 g/mol. The number of aliphatic hydroxyl groups excluding tert-OH is 1. The molecule has 2 atom stereocenters. The van der Waals surface area contributed by atoms with Crippen LogP contribution in [0.5, 0.6) is 5.75 Å². The van der Waals surface area contributed by atoms with Gasteiger partial charge in [0.25, 0.3) is 0 Å². The topological polar surface area (TPSA) is 41.5 Å². The second-order valence-electron chi connectivity index (χ2n) is 4.56. The summed E-state index contributed by atoms with van der Waals surface area (Å²) in [6.07, 6.45) is -0.596. The molecule has 0 aliphatic heterocycles. The molecule has 20 heavy (non-hydrogen) atoms. The van der Waals surface area contributed by atoms with Gasteiger partial charge in [0.05, 0.1) is 13.2 Å². The molecule has 2 rings (SSSR count). The Labute approximate surface area is 122 Å². The van der Waals surface area contributed by atoms with Crippen LogP contribution in [0.25, 0.3) is 0 Å². The lowest BCUT2D eigenvalue weighted by atomic mass is 10.1. The normalized spacial score (nSPS) is 14.0. The summed E-state index contributed by atoms with van der Waals surface area (Å²) < 4.78 is 19.1. The summed E-state index contributed by atoms with van der Waals surface area (Å²) in [6.45, 7) is 2.21. The van der Waals surface area contributed by atoms with E-state index in [0.717, 1.165) is 5.56 Å². The van der Waals surface area contributed by atoms with Crippen molar-refractivity contribution in [1.29, 1.82) is 0 Å². The van der Waals surface area contributed by atoms with Gasteiger partial charge in [-0.2, -0.15) is 11.3 Å². The number of thiophene rings is 1. The molecule has 0 aliphatic rings. The molecule has 0 radical (unpaired) electrons. The van der Waals surface area contributed by atoms with Gasteiger partial charge >= 0.3 is 0 Å². The van der Waals surface area contributed by atoms with E-state index in [0.29, 0.717) is 17.9 Å². The van der Waals surface area contributed by atoms with E-state index in [4.69, 9.17) is 4.74 Å². The van der Waals surface area contributed by atoms with Crippen molar-refractivity contribution in [3.63, 3.8) is 0 Å². The first-order valence-electron chi connectivity index (χ1n) is 6.39. The Bertz CT molecular complexity index is 545. The Morgan fingerprint density at radius 2 is 2.20 bits per heavy atom. The van der Waals surface area contributed by atoms with Gasteiger partial charge in [0, 0.05) is 18.2 Å². The fraction of sp³-hybridized carbons (Fsp3) is 0.333. The van der Waals surface area contributed by atoms with Gasteiger partial charge in [-0.1, -0.05) is 6.07 Å². The fourth-order valence-corrected chi connectivity index (χ4v) is 2.80. The van der Waals surface area contributed by atoms with E-state index in [9.17, 15) is 9.50 Å². The highest BCUT2D eigenvalue weighted by Crippen LogP contribution is 2.28. The third-order valence-electron chi connectivity index (χ3n) is 3.21. The van der Waals surface area contributed by atoms with Crippen LogP contribution in [0.1, 0.15) is 30.2 Å². The molecule has 1 heterocycles. The SMILES string of the molecule is COc1cccc(F)c1C(C)NCC(O)c1ccsc1. The molecule has 0 spiro atoms. The van der Waals surface area contributed by atoms with Gasteiger partial charge in [-0.15, -0.1) is 0 Å². The highest BCUT2D eigenvalue weighted by atomic mass is 32.1. The predicted octanol–water partition coefficient (Wildman–Crippen LogP) is 3.28. The molecule has 0 saturated heterocycles. The molecule has 0 bridgehead atoms. The van der Waals surface area contributed by atoms with E-state index < -0.39 is 6.10 Å². The molecular weight excluding hydrogens is 277 g/mol. The number of aliphatic hydroxyl groups is 1.